The van der Waals surface area contributed by atoms with Crippen LogP contribution in [0.25, 0.3) is 44.2 Å². The molecule has 0 N–H and O–H groups in total. The van der Waals surface area contributed by atoms with E-state index in [4.69, 9.17) is 12.6 Å². The molecule has 0 aliphatic heterocycles. The first-order chi connectivity index (χ1) is 30.7. The second-order valence-corrected chi connectivity index (χ2v) is 14.5. The Kier molecular flexibility index (Phi) is 4.75. The Hall–Kier alpha value is -6.64. The van der Waals surface area contributed by atoms with Crippen molar-refractivity contribution in [3.8, 4) is 22.3 Å². The van der Waals surface area contributed by atoms with Gasteiger partial charge in [0.15, 0.2) is 0 Å². The van der Waals surface area contributed by atoms with Gasteiger partial charge in [0.25, 0.3) is 0 Å². The molecule has 0 saturated heterocycles. The van der Waals surface area contributed by atoms with Crippen LogP contribution < -0.4 is 4.90 Å². The van der Waals surface area contributed by atoms with Crippen molar-refractivity contribution in [2.24, 2.45) is 0 Å². The van der Waals surface area contributed by atoms with Crippen LogP contribution in [0.15, 0.2) is 192 Å². The van der Waals surface area contributed by atoms with Crippen LogP contribution in [0.2, 0.25) is 0 Å². The summed E-state index contributed by atoms with van der Waals surface area (Å²) in [5, 5.41) is 1.84. The lowest BCUT2D eigenvalue weighted by molar-refractivity contribution is 0.660. The summed E-state index contributed by atoms with van der Waals surface area (Å²) in [5.74, 6) is 0. The molecule has 1 heterocycles. The van der Waals surface area contributed by atoms with Crippen LogP contribution in [-0.4, -0.2) is 0 Å². The van der Waals surface area contributed by atoms with E-state index in [-0.39, 0.29) is 16.5 Å². The van der Waals surface area contributed by atoms with E-state index in [1.807, 2.05) is 66.7 Å². The summed E-state index contributed by atoms with van der Waals surface area (Å²) in [7, 11) is 0. The van der Waals surface area contributed by atoms with E-state index in [1.165, 1.54) is 11.1 Å². The second kappa shape index (κ2) is 11.4. The highest BCUT2D eigenvalue weighted by Gasteiger charge is 2.46. The molecule has 2 heteroatoms. The zero-order valence-electron chi connectivity index (χ0n) is 39.5. The number of benzene rings is 8. The third kappa shape index (κ3) is 4.22. The van der Waals surface area contributed by atoms with E-state index >= 15 is 0 Å². The van der Waals surface area contributed by atoms with Crippen molar-refractivity contribution in [1.29, 1.82) is 0 Å². The largest absolute Gasteiger partial charge is 0.456 e. The maximum absolute atomic E-state index is 9.50. The van der Waals surface area contributed by atoms with Crippen LogP contribution in [0.4, 0.5) is 17.1 Å². The normalized spacial score (nSPS) is 17.0. The quantitative estimate of drug-likeness (QED) is 0.178. The molecule has 256 valence electrons. The highest BCUT2D eigenvalue weighted by Crippen LogP contribution is 2.58. The van der Waals surface area contributed by atoms with E-state index in [2.05, 4.69) is 67.3 Å². The minimum Gasteiger partial charge on any atom is -0.456 e. The van der Waals surface area contributed by atoms with Gasteiger partial charge in [-0.3, -0.25) is 0 Å². The predicted molar refractivity (Wildman–Crippen MR) is 223 cm³/mol. The fourth-order valence-electron chi connectivity index (χ4n) is 9.08. The summed E-state index contributed by atoms with van der Waals surface area (Å²) < 4.78 is 97.1. The molecule has 1 aromatic heterocycles. The summed E-state index contributed by atoms with van der Waals surface area (Å²) in [6, 6.07) is 35.9. The van der Waals surface area contributed by atoms with Crippen LogP contribution in [-0.2, 0) is 10.8 Å². The summed E-state index contributed by atoms with van der Waals surface area (Å²) >= 11 is 0. The van der Waals surface area contributed by atoms with Gasteiger partial charge in [0.1, 0.15) is 11.2 Å². The van der Waals surface area contributed by atoms with Crippen LogP contribution in [0.3, 0.4) is 0 Å². The number of fused-ring (bicyclic) bond motifs is 9. The highest BCUT2D eigenvalue weighted by atomic mass is 16.3. The lowest BCUT2D eigenvalue weighted by Crippen LogP contribution is -2.28. The maximum Gasteiger partial charge on any atom is 0.135 e. The van der Waals surface area contributed by atoms with Crippen LogP contribution in [0, 0.1) is 0 Å². The number of rotatable bonds is 5. The summed E-state index contributed by atoms with van der Waals surface area (Å²) in [6.45, 7) is 4.44. The Bertz CT molecular complexity index is 3390. The van der Waals surface area contributed by atoms with Gasteiger partial charge in [-0.2, -0.15) is 0 Å². The molecule has 0 saturated carbocycles. The van der Waals surface area contributed by atoms with Gasteiger partial charge >= 0.3 is 0 Å². The molecule has 9 aromatic rings. The molecule has 2 aliphatic carbocycles. The maximum atomic E-state index is 9.50. The molecule has 11 rings (SSSR count). The van der Waals surface area contributed by atoms with Gasteiger partial charge in [-0.15, -0.1) is 0 Å². The summed E-state index contributed by atoms with van der Waals surface area (Å²) in [5.41, 5.74) is 7.66. The molecular formula is C52H37NO. The van der Waals surface area contributed by atoms with Crippen molar-refractivity contribution in [2.75, 3.05) is 4.90 Å². The minimum absolute atomic E-state index is 0.213. The predicted octanol–water partition coefficient (Wildman–Crippen LogP) is 13.7. The van der Waals surface area contributed by atoms with Gasteiger partial charge < -0.3 is 9.32 Å². The van der Waals surface area contributed by atoms with Crippen molar-refractivity contribution in [1.82, 2.24) is 0 Å². The Morgan fingerprint density at radius 3 is 1.65 bits per heavy atom. The number of furan rings is 1. The highest BCUT2D eigenvalue weighted by molar-refractivity contribution is 6.06. The third-order valence-electron chi connectivity index (χ3n) is 11.5. The molecule has 0 spiro atoms. The minimum atomic E-state index is -1.99. The molecular weight excluding hydrogens is 655 g/mol. The first kappa shape index (κ1) is 22.4. The molecule has 0 unspecified atom stereocenters. The first-order valence-electron chi connectivity index (χ1n) is 23.0. The molecule has 0 fully saturated rings. The smallest absolute Gasteiger partial charge is 0.135 e. The zero-order valence-corrected chi connectivity index (χ0v) is 29.5. The van der Waals surface area contributed by atoms with Crippen LogP contribution in [0.1, 0.15) is 60.9 Å². The molecule has 0 bridgehead atoms. The number of nitrogens with zero attached hydrogens (tertiary/aromatic N) is 1. The first-order valence-corrected chi connectivity index (χ1v) is 18.0. The summed E-state index contributed by atoms with van der Waals surface area (Å²) in [6.07, 6.45) is 0. The van der Waals surface area contributed by atoms with E-state index in [0.29, 0.717) is 33.5 Å². The van der Waals surface area contributed by atoms with Crippen LogP contribution >= 0.6 is 0 Å². The molecule has 0 atom stereocenters. The van der Waals surface area contributed by atoms with Gasteiger partial charge in [0.2, 0.25) is 0 Å². The average Bonchev–Trinajstić information content (AvgIpc) is 3.90. The van der Waals surface area contributed by atoms with Gasteiger partial charge in [0.05, 0.1) is 19.1 Å². The fraction of sp³-hybridized carbons (Fsp3) is 0.0769. The molecule has 2 aliphatic rings. The Morgan fingerprint density at radius 1 is 0.444 bits per heavy atom. The van der Waals surface area contributed by atoms with E-state index < -0.39 is 65.8 Å². The monoisotopic (exact) mass is 701 g/mol. The molecule has 0 amide bonds. The van der Waals surface area contributed by atoms with E-state index in [0.717, 1.165) is 38.9 Å². The Balaban J connectivity index is 1.26. The molecule has 54 heavy (non-hydrogen) atoms. The lowest BCUT2D eigenvalue weighted by atomic mass is 9.67. The SMILES string of the molecule is [2H]c1c([2H])c([2H])c(C2(c3c([2H])c([2H])c([2H])c([2H])c3[2H])c3ccccc3-c3ccc(N(c4ccc5c(c4)C(C)(C)c4ccccc4-5)c4ccc5oc6ccccc6c5c4)cc32)c([2H])c1[2H]. The van der Waals surface area contributed by atoms with Crippen molar-refractivity contribution >= 4 is 39.0 Å². The number of hydrogen-bond acceptors (Lipinski definition) is 2. The molecule has 8 aromatic carbocycles. The topological polar surface area (TPSA) is 16.4 Å². The summed E-state index contributed by atoms with van der Waals surface area (Å²) in [4.78, 5) is 2.11. The van der Waals surface area contributed by atoms with Gasteiger partial charge in [0, 0.05) is 33.2 Å². The fourth-order valence-corrected chi connectivity index (χ4v) is 9.08. The van der Waals surface area contributed by atoms with Gasteiger partial charge in [-0.05, 0) is 104 Å². The third-order valence-corrected chi connectivity index (χ3v) is 11.5. The van der Waals surface area contributed by atoms with Gasteiger partial charge in [-0.25, -0.2) is 0 Å². The second-order valence-electron chi connectivity index (χ2n) is 14.5. The number of anilines is 3. The Labute approximate surface area is 329 Å². The van der Waals surface area contributed by atoms with Crippen molar-refractivity contribution in [3.63, 3.8) is 0 Å². The van der Waals surface area contributed by atoms with E-state index in [9.17, 15) is 5.48 Å². The van der Waals surface area contributed by atoms with E-state index in [1.54, 1.807) is 12.1 Å². The van der Waals surface area contributed by atoms with Gasteiger partial charge in [-0.1, -0.05) is 153 Å². The number of para-hydroxylation sites is 1. The van der Waals surface area contributed by atoms with Crippen LogP contribution in [0.5, 0.6) is 0 Å². The lowest BCUT2D eigenvalue weighted by Gasteiger charge is -2.35. The van der Waals surface area contributed by atoms with Crippen molar-refractivity contribution < 1.29 is 18.1 Å². The molecule has 0 radical (unpaired) electrons. The zero-order chi connectivity index (χ0) is 44.7. The van der Waals surface area contributed by atoms with Crippen molar-refractivity contribution in [2.45, 2.75) is 24.7 Å². The average molecular weight is 702 g/mol. The number of hydrogen-bond donors (Lipinski definition) is 0. The molecule has 2 nitrogen and oxygen atoms in total. The Morgan fingerprint density at radius 2 is 0.944 bits per heavy atom. The van der Waals surface area contributed by atoms with Crippen molar-refractivity contribution in [3.05, 3.63) is 221 Å². The standard InChI is InChI=1S/C52H37NO/c1-51(2)45-22-12-9-19-39(45)41-28-25-37(32-47(41)51)53(36-27-30-50-44(31-36)43-21-11-14-24-49(43)54-50)38-26-29-42-40-20-10-13-23-46(40)52(48(42)33-38,34-15-5-3-6-16-34)35-17-7-4-8-18-35/h3-33H,1-2H3/i3D,4D,5D,6D,7D,8D,15D,16D,17D,18D.